The van der Waals surface area contributed by atoms with Gasteiger partial charge in [-0.3, -0.25) is 4.90 Å². The summed E-state index contributed by atoms with van der Waals surface area (Å²) >= 11 is 5.10. The number of hydrogen-bond acceptors (Lipinski definition) is 3. The van der Waals surface area contributed by atoms with Crippen molar-refractivity contribution in [3.8, 4) is 5.75 Å². The number of piperidine rings is 1. The zero-order valence-electron chi connectivity index (χ0n) is 12.4. The molecule has 2 rings (SSSR count). The molecule has 1 aliphatic heterocycles. The molecule has 0 aliphatic carbocycles. The number of thiocarbonyl (C=S) groups is 1. The largest absolute Gasteiger partial charge is 0.496 e. The van der Waals surface area contributed by atoms with E-state index in [4.69, 9.17) is 22.7 Å². The SMILES string of the molecule is CCC1CCCN(Cc2ccc(OC)c(C(N)=S)c2)C1. The van der Waals surface area contributed by atoms with Crippen molar-refractivity contribution in [1.29, 1.82) is 0 Å². The van der Waals surface area contributed by atoms with Gasteiger partial charge in [0.25, 0.3) is 0 Å². The fourth-order valence-corrected chi connectivity index (χ4v) is 3.09. The Morgan fingerprint density at radius 1 is 1.50 bits per heavy atom. The van der Waals surface area contributed by atoms with Gasteiger partial charge in [-0.1, -0.05) is 31.6 Å². The van der Waals surface area contributed by atoms with Crippen LogP contribution in [0.25, 0.3) is 0 Å². The Kier molecular flexibility index (Phi) is 5.38. The first-order valence-electron chi connectivity index (χ1n) is 7.33. The molecule has 1 saturated heterocycles. The van der Waals surface area contributed by atoms with Crippen LogP contribution in [0.1, 0.15) is 37.3 Å². The van der Waals surface area contributed by atoms with Crippen LogP contribution in [-0.2, 0) is 6.54 Å². The van der Waals surface area contributed by atoms with Crippen LogP contribution >= 0.6 is 12.2 Å². The van der Waals surface area contributed by atoms with Crippen molar-refractivity contribution in [1.82, 2.24) is 4.90 Å². The van der Waals surface area contributed by atoms with Crippen molar-refractivity contribution in [3.05, 3.63) is 29.3 Å². The summed E-state index contributed by atoms with van der Waals surface area (Å²) in [4.78, 5) is 2.93. The molecule has 0 radical (unpaired) electrons. The first kappa shape index (κ1) is 15.3. The topological polar surface area (TPSA) is 38.5 Å². The molecule has 110 valence electrons. The molecular weight excluding hydrogens is 268 g/mol. The molecule has 1 aromatic carbocycles. The number of nitrogens with zero attached hydrogens (tertiary/aromatic N) is 1. The van der Waals surface area contributed by atoms with E-state index < -0.39 is 0 Å². The highest BCUT2D eigenvalue weighted by Crippen LogP contribution is 2.24. The minimum absolute atomic E-state index is 0.397. The summed E-state index contributed by atoms with van der Waals surface area (Å²) in [6, 6.07) is 6.14. The number of nitrogens with two attached hydrogens (primary N) is 1. The van der Waals surface area contributed by atoms with Crippen molar-refractivity contribution in [2.24, 2.45) is 11.7 Å². The monoisotopic (exact) mass is 292 g/mol. The van der Waals surface area contributed by atoms with Gasteiger partial charge in [-0.05, 0) is 43.0 Å². The number of benzene rings is 1. The van der Waals surface area contributed by atoms with Gasteiger partial charge in [0.05, 0.1) is 12.7 Å². The molecule has 1 fully saturated rings. The lowest BCUT2D eigenvalue weighted by Crippen LogP contribution is -2.34. The smallest absolute Gasteiger partial charge is 0.129 e. The Balaban J connectivity index is 2.09. The van der Waals surface area contributed by atoms with E-state index in [-0.39, 0.29) is 0 Å². The highest BCUT2D eigenvalue weighted by Gasteiger charge is 2.18. The molecule has 4 heteroatoms. The van der Waals surface area contributed by atoms with Gasteiger partial charge in [0.1, 0.15) is 10.7 Å². The van der Waals surface area contributed by atoms with Gasteiger partial charge in [0.2, 0.25) is 0 Å². The van der Waals surface area contributed by atoms with Crippen molar-refractivity contribution >= 4 is 17.2 Å². The molecule has 3 nitrogen and oxygen atoms in total. The van der Waals surface area contributed by atoms with Gasteiger partial charge in [-0.15, -0.1) is 0 Å². The standard InChI is InChI=1S/C16H24N2OS/c1-3-12-5-4-8-18(10-12)11-13-6-7-15(19-2)14(9-13)16(17)20/h6-7,9,12H,3-5,8,10-11H2,1-2H3,(H2,17,20). The van der Waals surface area contributed by atoms with Crippen LogP contribution in [0.15, 0.2) is 18.2 Å². The van der Waals surface area contributed by atoms with Crippen LogP contribution in [0.4, 0.5) is 0 Å². The predicted molar refractivity (Wildman–Crippen MR) is 87.2 cm³/mol. The summed E-state index contributed by atoms with van der Waals surface area (Å²) < 4.78 is 5.30. The Labute approximate surface area is 127 Å². The fraction of sp³-hybridized carbons (Fsp3) is 0.562. The molecular formula is C16H24N2OS. The van der Waals surface area contributed by atoms with E-state index >= 15 is 0 Å². The molecule has 1 heterocycles. The lowest BCUT2D eigenvalue weighted by Gasteiger charge is -2.32. The third-order valence-electron chi connectivity index (χ3n) is 4.12. The third-order valence-corrected chi connectivity index (χ3v) is 4.34. The normalized spacial score (nSPS) is 19.8. The van der Waals surface area contributed by atoms with Gasteiger partial charge >= 0.3 is 0 Å². The van der Waals surface area contributed by atoms with E-state index in [0.29, 0.717) is 4.99 Å². The maximum absolute atomic E-state index is 5.77. The van der Waals surface area contributed by atoms with E-state index in [9.17, 15) is 0 Å². The summed E-state index contributed by atoms with van der Waals surface area (Å²) in [5.74, 6) is 1.60. The van der Waals surface area contributed by atoms with E-state index in [1.807, 2.05) is 6.07 Å². The maximum Gasteiger partial charge on any atom is 0.129 e. The van der Waals surface area contributed by atoms with Crippen LogP contribution in [0.2, 0.25) is 0 Å². The average molecular weight is 292 g/mol. The molecule has 0 spiro atoms. The summed E-state index contributed by atoms with van der Waals surface area (Å²) in [6.45, 7) is 5.64. The molecule has 1 unspecified atom stereocenters. The number of ether oxygens (including phenoxy) is 1. The molecule has 0 saturated carbocycles. The minimum atomic E-state index is 0.397. The predicted octanol–water partition coefficient (Wildman–Crippen LogP) is 2.95. The lowest BCUT2D eigenvalue weighted by molar-refractivity contribution is 0.164. The molecule has 1 aromatic rings. The van der Waals surface area contributed by atoms with Crippen LogP contribution in [0, 0.1) is 5.92 Å². The molecule has 20 heavy (non-hydrogen) atoms. The van der Waals surface area contributed by atoms with E-state index in [1.54, 1.807) is 7.11 Å². The second-order valence-electron chi connectivity index (χ2n) is 5.55. The number of hydrogen-bond donors (Lipinski definition) is 1. The Morgan fingerprint density at radius 2 is 2.30 bits per heavy atom. The van der Waals surface area contributed by atoms with Gasteiger partial charge in [0.15, 0.2) is 0 Å². The summed E-state index contributed by atoms with van der Waals surface area (Å²) in [5, 5.41) is 0. The zero-order valence-corrected chi connectivity index (χ0v) is 13.2. The van der Waals surface area contributed by atoms with Crippen molar-refractivity contribution in [2.45, 2.75) is 32.7 Å². The summed E-state index contributed by atoms with van der Waals surface area (Å²) in [7, 11) is 1.65. The molecule has 1 aliphatic rings. The maximum atomic E-state index is 5.77. The third kappa shape index (κ3) is 3.70. The summed E-state index contributed by atoms with van der Waals surface area (Å²) in [5.41, 5.74) is 7.87. The lowest BCUT2D eigenvalue weighted by atomic mass is 9.95. The molecule has 0 bridgehead atoms. The highest BCUT2D eigenvalue weighted by molar-refractivity contribution is 7.80. The second-order valence-corrected chi connectivity index (χ2v) is 5.99. The quantitative estimate of drug-likeness (QED) is 0.847. The molecule has 2 N–H and O–H groups in total. The van der Waals surface area contributed by atoms with Crippen LogP contribution < -0.4 is 10.5 Å². The number of rotatable bonds is 5. The van der Waals surface area contributed by atoms with E-state index in [2.05, 4.69) is 24.0 Å². The molecule has 0 aromatic heterocycles. The van der Waals surface area contributed by atoms with Crippen LogP contribution in [0.5, 0.6) is 5.75 Å². The first-order chi connectivity index (χ1) is 9.63. The Hall–Kier alpha value is -1.13. The van der Waals surface area contributed by atoms with Crippen molar-refractivity contribution in [2.75, 3.05) is 20.2 Å². The minimum Gasteiger partial charge on any atom is -0.496 e. The second kappa shape index (κ2) is 7.04. The number of likely N-dealkylation sites (tertiary alicyclic amines) is 1. The van der Waals surface area contributed by atoms with Gasteiger partial charge < -0.3 is 10.5 Å². The van der Waals surface area contributed by atoms with Crippen LogP contribution in [-0.4, -0.2) is 30.1 Å². The molecule has 1 atom stereocenters. The Bertz CT molecular complexity index is 476. The Morgan fingerprint density at radius 3 is 2.95 bits per heavy atom. The van der Waals surface area contributed by atoms with Gasteiger partial charge in [-0.2, -0.15) is 0 Å². The fourth-order valence-electron chi connectivity index (χ4n) is 2.93. The first-order valence-corrected chi connectivity index (χ1v) is 7.74. The summed E-state index contributed by atoms with van der Waals surface area (Å²) in [6.07, 6.45) is 3.95. The van der Waals surface area contributed by atoms with Crippen LogP contribution in [0.3, 0.4) is 0 Å². The molecule has 0 amide bonds. The van der Waals surface area contributed by atoms with Gasteiger partial charge in [0, 0.05) is 13.1 Å². The van der Waals surface area contributed by atoms with Gasteiger partial charge in [-0.25, -0.2) is 0 Å². The average Bonchev–Trinajstić information content (AvgIpc) is 2.47. The van der Waals surface area contributed by atoms with E-state index in [0.717, 1.165) is 23.8 Å². The zero-order chi connectivity index (χ0) is 14.5. The van der Waals surface area contributed by atoms with Crippen molar-refractivity contribution < 1.29 is 4.74 Å². The number of methoxy groups -OCH3 is 1. The highest BCUT2D eigenvalue weighted by atomic mass is 32.1. The van der Waals surface area contributed by atoms with Crippen molar-refractivity contribution in [3.63, 3.8) is 0 Å². The van der Waals surface area contributed by atoms with E-state index in [1.165, 1.54) is 37.9 Å².